The lowest BCUT2D eigenvalue weighted by Crippen LogP contribution is -2.44. The zero-order valence-electron chi connectivity index (χ0n) is 14.0. The Bertz CT molecular complexity index is 765. The first-order valence-corrected chi connectivity index (χ1v) is 8.11. The number of aryl methyl sites for hydroxylation is 1. The number of carbonyl (C=O) groups excluding carboxylic acids is 1. The number of aromatic nitrogens is 3. The molecule has 1 aliphatic heterocycles. The number of amides is 1. The smallest absolute Gasteiger partial charge is 0.260 e. The van der Waals surface area contributed by atoms with Gasteiger partial charge in [0.05, 0.1) is 24.8 Å². The van der Waals surface area contributed by atoms with Gasteiger partial charge in [-0.15, -0.1) is 10.2 Å². The highest BCUT2D eigenvalue weighted by Gasteiger charge is 2.28. The summed E-state index contributed by atoms with van der Waals surface area (Å²) in [6.45, 7) is 4.09. The van der Waals surface area contributed by atoms with Crippen molar-refractivity contribution in [1.82, 2.24) is 19.7 Å². The summed E-state index contributed by atoms with van der Waals surface area (Å²) in [4.78, 5) is 14.1. The van der Waals surface area contributed by atoms with Gasteiger partial charge in [0.1, 0.15) is 18.2 Å². The largest absolute Gasteiger partial charge is 0.484 e. The number of hydrogen-bond acceptors (Lipinski definition) is 6. The first-order valence-electron chi connectivity index (χ1n) is 8.11. The van der Waals surface area contributed by atoms with Crippen LogP contribution in [0.2, 0.25) is 0 Å². The molecule has 8 heteroatoms. The minimum atomic E-state index is -0.282. The second kappa shape index (κ2) is 7.77. The quantitative estimate of drug-likeness (QED) is 0.810. The maximum absolute atomic E-state index is 12.4. The van der Waals surface area contributed by atoms with Crippen molar-refractivity contribution in [2.75, 3.05) is 26.3 Å². The summed E-state index contributed by atoms with van der Waals surface area (Å²) in [6.07, 6.45) is 1.38. The minimum Gasteiger partial charge on any atom is -0.484 e. The van der Waals surface area contributed by atoms with Crippen LogP contribution < -0.4 is 4.74 Å². The molecule has 1 aromatic heterocycles. The van der Waals surface area contributed by atoms with E-state index in [2.05, 4.69) is 10.2 Å². The molecule has 0 N–H and O–H groups in total. The number of benzene rings is 1. The molecule has 0 aliphatic carbocycles. The Hall–Kier alpha value is -2.92. The number of nitrogens with zero attached hydrogens (tertiary/aromatic N) is 5. The van der Waals surface area contributed by atoms with Crippen LogP contribution in [-0.2, 0) is 16.1 Å². The van der Waals surface area contributed by atoms with E-state index in [1.807, 2.05) is 17.6 Å². The molecule has 2 heterocycles. The lowest BCUT2D eigenvalue weighted by Gasteiger charge is -2.32. The molecule has 0 unspecified atom stereocenters. The predicted molar refractivity (Wildman–Crippen MR) is 87.6 cm³/mol. The third-order valence-corrected chi connectivity index (χ3v) is 4.04. The van der Waals surface area contributed by atoms with Crippen LogP contribution in [0.5, 0.6) is 5.75 Å². The fraction of sp³-hybridized carbons (Fsp3) is 0.412. The van der Waals surface area contributed by atoms with Gasteiger partial charge in [0, 0.05) is 13.1 Å². The van der Waals surface area contributed by atoms with E-state index in [1.165, 1.54) is 0 Å². The average Bonchev–Trinajstić information content (AvgIpc) is 3.15. The molecule has 130 valence electrons. The average molecular weight is 341 g/mol. The van der Waals surface area contributed by atoms with E-state index < -0.39 is 0 Å². The molecule has 1 saturated heterocycles. The summed E-state index contributed by atoms with van der Waals surface area (Å²) < 4.78 is 13.2. The summed E-state index contributed by atoms with van der Waals surface area (Å²) in [5.74, 6) is 1.18. The summed E-state index contributed by atoms with van der Waals surface area (Å²) in [5.41, 5.74) is 0.551. The maximum Gasteiger partial charge on any atom is 0.260 e. The van der Waals surface area contributed by atoms with Crippen LogP contribution in [0.4, 0.5) is 0 Å². The molecule has 25 heavy (non-hydrogen) atoms. The first kappa shape index (κ1) is 16.9. The number of hydrogen-bond donors (Lipinski definition) is 0. The molecule has 0 radical (unpaired) electrons. The lowest BCUT2D eigenvalue weighted by molar-refractivity contribution is -0.141. The van der Waals surface area contributed by atoms with Crippen molar-refractivity contribution in [2.24, 2.45) is 0 Å². The van der Waals surface area contributed by atoms with E-state index in [1.54, 1.807) is 35.5 Å². The molecular weight excluding hydrogens is 322 g/mol. The van der Waals surface area contributed by atoms with E-state index in [0.717, 1.165) is 12.4 Å². The summed E-state index contributed by atoms with van der Waals surface area (Å²) in [6, 6.07) is 8.71. The maximum atomic E-state index is 12.4. The highest BCUT2D eigenvalue weighted by atomic mass is 16.5. The summed E-state index contributed by atoms with van der Waals surface area (Å²) in [7, 11) is 0. The number of ether oxygens (including phenoxy) is 2. The second-order valence-electron chi connectivity index (χ2n) is 5.60. The topological polar surface area (TPSA) is 93.3 Å². The van der Waals surface area contributed by atoms with Crippen LogP contribution in [-0.4, -0.2) is 51.9 Å². The lowest BCUT2D eigenvalue weighted by atomic mass is 10.2. The van der Waals surface area contributed by atoms with E-state index in [9.17, 15) is 4.79 Å². The van der Waals surface area contributed by atoms with Crippen LogP contribution >= 0.6 is 0 Å². The van der Waals surface area contributed by atoms with Gasteiger partial charge < -0.3 is 18.9 Å². The Morgan fingerprint density at radius 2 is 2.24 bits per heavy atom. The van der Waals surface area contributed by atoms with Crippen LogP contribution in [0.25, 0.3) is 0 Å². The number of nitriles is 1. The minimum absolute atomic E-state index is 0.0565. The van der Waals surface area contributed by atoms with Crippen LogP contribution in [0.1, 0.15) is 24.4 Å². The normalized spacial score (nSPS) is 17.1. The Kier molecular flexibility index (Phi) is 5.26. The van der Waals surface area contributed by atoms with Crippen molar-refractivity contribution in [3.05, 3.63) is 42.0 Å². The monoisotopic (exact) mass is 341 g/mol. The van der Waals surface area contributed by atoms with Gasteiger partial charge in [0.2, 0.25) is 0 Å². The molecule has 2 aromatic rings. The van der Waals surface area contributed by atoms with Crippen LogP contribution in [0.15, 0.2) is 30.6 Å². The molecule has 1 aromatic carbocycles. The fourth-order valence-electron chi connectivity index (χ4n) is 2.65. The van der Waals surface area contributed by atoms with E-state index in [-0.39, 0.29) is 18.6 Å². The van der Waals surface area contributed by atoms with E-state index in [4.69, 9.17) is 14.7 Å². The standard InChI is InChI=1S/C17H19N5O3/c1-2-21-12-19-20-17(21)15-10-22(7-8-24-15)16(23)11-25-14-5-3-13(9-18)4-6-14/h3-6,12,15H,2,7-8,10-11H2,1H3/t15-/m0/s1. The van der Waals surface area contributed by atoms with Gasteiger partial charge in [-0.1, -0.05) is 0 Å². The number of carbonyl (C=O) groups is 1. The van der Waals surface area contributed by atoms with Gasteiger partial charge >= 0.3 is 0 Å². The second-order valence-corrected chi connectivity index (χ2v) is 5.60. The molecule has 0 saturated carbocycles. The van der Waals surface area contributed by atoms with Crippen LogP contribution in [0, 0.1) is 11.3 Å². The Morgan fingerprint density at radius 3 is 2.96 bits per heavy atom. The van der Waals surface area contributed by atoms with Crippen molar-refractivity contribution in [3.8, 4) is 11.8 Å². The number of rotatable bonds is 5. The zero-order chi connectivity index (χ0) is 17.6. The molecule has 0 bridgehead atoms. The molecule has 1 amide bonds. The van der Waals surface area contributed by atoms with Crippen molar-refractivity contribution < 1.29 is 14.3 Å². The fourth-order valence-corrected chi connectivity index (χ4v) is 2.65. The Balaban J connectivity index is 1.57. The summed E-state index contributed by atoms with van der Waals surface area (Å²) in [5, 5.41) is 16.8. The van der Waals surface area contributed by atoms with Crippen molar-refractivity contribution in [1.29, 1.82) is 5.26 Å². The van der Waals surface area contributed by atoms with Crippen molar-refractivity contribution in [2.45, 2.75) is 19.6 Å². The van der Waals surface area contributed by atoms with Gasteiger partial charge in [-0.3, -0.25) is 4.79 Å². The Morgan fingerprint density at radius 1 is 1.44 bits per heavy atom. The predicted octanol–water partition coefficient (Wildman–Crippen LogP) is 1.15. The Labute approximate surface area is 145 Å². The molecule has 0 spiro atoms. The van der Waals surface area contributed by atoms with E-state index in [0.29, 0.717) is 31.0 Å². The molecule has 8 nitrogen and oxygen atoms in total. The van der Waals surface area contributed by atoms with Crippen LogP contribution in [0.3, 0.4) is 0 Å². The van der Waals surface area contributed by atoms with Gasteiger partial charge in [-0.25, -0.2) is 0 Å². The molecule has 1 fully saturated rings. The number of morpholine rings is 1. The molecule has 1 atom stereocenters. The molecule has 1 aliphatic rings. The molecule has 3 rings (SSSR count). The first-order chi connectivity index (χ1) is 12.2. The van der Waals surface area contributed by atoms with Gasteiger partial charge in [-0.2, -0.15) is 5.26 Å². The molecular formula is C17H19N5O3. The highest BCUT2D eigenvalue weighted by Crippen LogP contribution is 2.20. The SMILES string of the molecule is CCn1cnnc1[C@@H]1CN(C(=O)COc2ccc(C#N)cc2)CCO1. The van der Waals surface area contributed by atoms with E-state index >= 15 is 0 Å². The third-order valence-electron chi connectivity index (χ3n) is 4.04. The highest BCUT2D eigenvalue weighted by molar-refractivity contribution is 5.77. The third kappa shape index (κ3) is 3.95. The van der Waals surface area contributed by atoms with Gasteiger partial charge in [-0.05, 0) is 31.2 Å². The zero-order valence-corrected chi connectivity index (χ0v) is 14.0. The van der Waals surface area contributed by atoms with Gasteiger partial charge in [0.15, 0.2) is 12.4 Å². The van der Waals surface area contributed by atoms with Crippen molar-refractivity contribution >= 4 is 5.91 Å². The van der Waals surface area contributed by atoms with Gasteiger partial charge in [0.25, 0.3) is 5.91 Å². The summed E-state index contributed by atoms with van der Waals surface area (Å²) >= 11 is 0. The van der Waals surface area contributed by atoms with Crippen molar-refractivity contribution in [3.63, 3.8) is 0 Å².